The summed E-state index contributed by atoms with van der Waals surface area (Å²) >= 11 is 0. The zero-order valence-corrected chi connectivity index (χ0v) is 23.7. The maximum Gasteiger partial charge on any atom is 0.224 e. The monoisotopic (exact) mass is 666 g/mol. The third-order valence-electron chi connectivity index (χ3n) is 8.51. The summed E-state index contributed by atoms with van der Waals surface area (Å²) in [5, 5.41) is 142. The van der Waals surface area contributed by atoms with Crippen LogP contribution < -0.4 is 0 Å². The summed E-state index contributed by atoms with van der Waals surface area (Å²) in [7, 11) is 0. The summed E-state index contributed by atoms with van der Waals surface area (Å²) in [5.41, 5.74) is 0. The van der Waals surface area contributed by atoms with E-state index in [2.05, 4.69) is 0 Å². The average molecular weight is 667 g/mol. The van der Waals surface area contributed by atoms with Gasteiger partial charge in [0, 0.05) is 0 Å². The molecule has 4 heterocycles. The molecule has 14 N–H and O–H groups in total. The molecule has 4 aliphatic rings. The van der Waals surface area contributed by atoms with E-state index in [-0.39, 0.29) is 0 Å². The van der Waals surface area contributed by atoms with Gasteiger partial charge in [-0.05, 0) is 0 Å². The normalized spacial score (nSPS) is 52.1. The Balaban J connectivity index is 1.42. The minimum atomic E-state index is -2.53. The van der Waals surface area contributed by atoms with Gasteiger partial charge in [-0.3, -0.25) is 0 Å². The van der Waals surface area contributed by atoms with Gasteiger partial charge in [0.25, 0.3) is 0 Å². The summed E-state index contributed by atoms with van der Waals surface area (Å²) in [4.78, 5) is 0. The van der Waals surface area contributed by atoms with Gasteiger partial charge in [0.15, 0.2) is 6.29 Å². The van der Waals surface area contributed by atoms with Crippen molar-refractivity contribution in [1.82, 2.24) is 0 Å². The van der Waals surface area contributed by atoms with Gasteiger partial charge in [-0.25, -0.2) is 0 Å². The van der Waals surface area contributed by atoms with E-state index in [0.717, 1.165) is 0 Å². The van der Waals surface area contributed by atoms with E-state index < -0.39 is 149 Å². The first-order valence-corrected chi connectivity index (χ1v) is 14.0. The molecule has 0 radical (unpaired) electrons. The van der Waals surface area contributed by atoms with E-state index in [1.54, 1.807) is 0 Å². The van der Waals surface area contributed by atoms with Crippen LogP contribution in [0.5, 0.6) is 0 Å². The number of hydrogen-bond acceptors (Lipinski definition) is 21. The molecule has 4 fully saturated rings. The lowest BCUT2D eigenvalue weighted by atomic mass is 9.99. The number of rotatable bonds is 13. The van der Waals surface area contributed by atoms with Gasteiger partial charge >= 0.3 is 0 Å². The molecule has 17 atom stereocenters. The second kappa shape index (κ2) is 14.3. The zero-order chi connectivity index (χ0) is 33.5. The standard InChI is InChI=1S/C24H42O21/c25-1-8-12(30)16(34)17(35)21(41-8)45-24(7-29)20(38)15(33)11(44-24)4-40-23(6-28)19(37)14(32)10(43-23)3-39-22(5-27)18(36)13(31)9(2-26)42-22/h8-21,25-38H,1-7H2/t8?,9-,10-,11-,12-,13?,14?,15?,16+,17?,18-,19-,20-,21+,22-,23-,24+/m1/s1. The maximum atomic E-state index is 10.7. The zero-order valence-electron chi connectivity index (χ0n) is 23.7. The van der Waals surface area contributed by atoms with E-state index in [1.165, 1.54) is 0 Å². The first kappa shape index (κ1) is 37.0. The van der Waals surface area contributed by atoms with Crippen LogP contribution in [0.15, 0.2) is 0 Å². The third-order valence-corrected chi connectivity index (χ3v) is 8.51. The summed E-state index contributed by atoms with van der Waals surface area (Å²) in [5.74, 6) is -7.20. The Hall–Kier alpha value is -0.840. The molecule has 0 aromatic heterocycles. The van der Waals surface area contributed by atoms with Crippen molar-refractivity contribution < 1.29 is 105 Å². The molecule has 0 aromatic rings. The molecule has 0 bridgehead atoms. The van der Waals surface area contributed by atoms with Crippen molar-refractivity contribution in [3.05, 3.63) is 0 Å². The van der Waals surface area contributed by atoms with Gasteiger partial charge in [-0.2, -0.15) is 0 Å². The topological polar surface area (TPSA) is 348 Å². The second-order valence-electron chi connectivity index (χ2n) is 11.3. The smallest absolute Gasteiger partial charge is 0.224 e. The lowest BCUT2D eigenvalue weighted by Crippen LogP contribution is -2.62. The summed E-state index contributed by atoms with van der Waals surface area (Å²) in [6.07, 6.45) is -24.7. The van der Waals surface area contributed by atoms with Crippen molar-refractivity contribution in [2.75, 3.05) is 46.2 Å². The molecule has 5 unspecified atom stereocenters. The highest BCUT2D eigenvalue weighted by Gasteiger charge is 2.61. The van der Waals surface area contributed by atoms with E-state index in [0.29, 0.717) is 0 Å². The molecule has 4 aliphatic heterocycles. The van der Waals surface area contributed by atoms with Crippen LogP contribution in [0.4, 0.5) is 0 Å². The Labute approximate surface area is 254 Å². The molecule has 21 heteroatoms. The first-order chi connectivity index (χ1) is 21.2. The Kier molecular flexibility index (Phi) is 11.8. The van der Waals surface area contributed by atoms with Crippen LogP contribution in [0.2, 0.25) is 0 Å². The van der Waals surface area contributed by atoms with Crippen LogP contribution in [0.25, 0.3) is 0 Å². The van der Waals surface area contributed by atoms with E-state index in [9.17, 15) is 71.5 Å². The molecule has 4 rings (SSSR count). The predicted molar refractivity (Wildman–Crippen MR) is 134 cm³/mol. The molecular formula is C24H42O21. The molecular weight excluding hydrogens is 624 g/mol. The lowest BCUT2D eigenvalue weighted by Gasteiger charge is -2.43. The van der Waals surface area contributed by atoms with Crippen molar-refractivity contribution in [2.24, 2.45) is 0 Å². The van der Waals surface area contributed by atoms with Crippen molar-refractivity contribution >= 4 is 0 Å². The summed E-state index contributed by atoms with van der Waals surface area (Å²) in [6, 6.07) is 0. The largest absolute Gasteiger partial charge is 0.394 e. The molecule has 264 valence electrons. The van der Waals surface area contributed by atoms with Gasteiger partial charge < -0.3 is 105 Å². The number of aliphatic hydroxyl groups is 14. The number of hydrogen-bond donors (Lipinski definition) is 14. The molecule has 0 aromatic carbocycles. The van der Waals surface area contributed by atoms with Crippen LogP contribution in [-0.4, -0.2) is 221 Å². The fraction of sp³-hybridized carbons (Fsp3) is 1.00. The van der Waals surface area contributed by atoms with Crippen molar-refractivity contribution in [3.8, 4) is 0 Å². The molecule has 0 aliphatic carbocycles. The SMILES string of the molecule is OCC1O[C@@H](O[C@]2(CO)O[C@H](CO[C@]3(CO)O[C@H](CO[C@]4(CO)O[C@H](CO)C(O)[C@H]4O)C(O)[C@H]3O)C(O)[C@H]2O)C(O)[C@@H](O)[C@@H]1O. The number of ether oxygens (including phenoxy) is 7. The molecule has 4 saturated heterocycles. The van der Waals surface area contributed by atoms with Gasteiger partial charge in [-0.1, -0.05) is 0 Å². The van der Waals surface area contributed by atoms with Crippen LogP contribution in [0, 0.1) is 0 Å². The predicted octanol–water partition coefficient (Wildman–Crippen LogP) is -9.74. The molecule has 45 heavy (non-hydrogen) atoms. The Morgan fingerprint density at radius 2 is 0.844 bits per heavy atom. The quantitative estimate of drug-likeness (QED) is 0.0867. The lowest BCUT2D eigenvalue weighted by molar-refractivity contribution is -0.385. The van der Waals surface area contributed by atoms with Crippen LogP contribution in [-0.2, 0) is 33.2 Å². The van der Waals surface area contributed by atoms with E-state index in [4.69, 9.17) is 33.2 Å². The highest BCUT2D eigenvalue weighted by Crippen LogP contribution is 2.39. The van der Waals surface area contributed by atoms with Crippen molar-refractivity contribution in [2.45, 2.75) is 103 Å². The molecule has 0 saturated carbocycles. The fourth-order valence-corrected chi connectivity index (χ4v) is 5.65. The van der Waals surface area contributed by atoms with Crippen LogP contribution >= 0.6 is 0 Å². The summed E-state index contributed by atoms with van der Waals surface area (Å²) in [6.45, 7) is -6.40. The van der Waals surface area contributed by atoms with E-state index in [1.807, 2.05) is 0 Å². The fourth-order valence-electron chi connectivity index (χ4n) is 5.65. The highest BCUT2D eigenvalue weighted by atomic mass is 16.8. The first-order valence-electron chi connectivity index (χ1n) is 14.0. The van der Waals surface area contributed by atoms with Crippen molar-refractivity contribution in [1.29, 1.82) is 0 Å². The number of aliphatic hydroxyl groups excluding tert-OH is 14. The Morgan fingerprint density at radius 3 is 1.27 bits per heavy atom. The van der Waals surface area contributed by atoms with Gasteiger partial charge in [-0.15, -0.1) is 0 Å². The summed E-state index contributed by atoms with van der Waals surface area (Å²) < 4.78 is 37.8. The van der Waals surface area contributed by atoms with Gasteiger partial charge in [0.1, 0.15) is 99.2 Å². The highest BCUT2D eigenvalue weighted by molar-refractivity contribution is 5.02. The third kappa shape index (κ3) is 6.49. The Bertz CT molecular complexity index is 962. The van der Waals surface area contributed by atoms with Gasteiger partial charge in [0.05, 0.1) is 26.4 Å². The molecule has 0 amide bonds. The molecule has 21 nitrogen and oxygen atoms in total. The van der Waals surface area contributed by atoms with Crippen LogP contribution in [0.1, 0.15) is 0 Å². The van der Waals surface area contributed by atoms with Crippen molar-refractivity contribution in [3.63, 3.8) is 0 Å². The van der Waals surface area contributed by atoms with Gasteiger partial charge in [0.2, 0.25) is 17.4 Å². The minimum Gasteiger partial charge on any atom is -0.394 e. The second-order valence-corrected chi connectivity index (χ2v) is 11.3. The van der Waals surface area contributed by atoms with Crippen LogP contribution in [0.3, 0.4) is 0 Å². The Morgan fingerprint density at radius 1 is 0.444 bits per heavy atom. The van der Waals surface area contributed by atoms with E-state index >= 15 is 0 Å². The minimum absolute atomic E-state index is 0.729. The maximum absolute atomic E-state index is 10.7. The average Bonchev–Trinajstić information content (AvgIpc) is 3.55. The molecule has 0 spiro atoms.